The molecule has 0 saturated heterocycles. The zero-order valence-corrected chi connectivity index (χ0v) is 12.0. The topological polar surface area (TPSA) is 53.7 Å². The second kappa shape index (κ2) is 5.32. The van der Waals surface area contributed by atoms with Gasteiger partial charge in [0.2, 0.25) is 0 Å². The van der Waals surface area contributed by atoms with E-state index in [9.17, 15) is 0 Å². The predicted molar refractivity (Wildman–Crippen MR) is 76.0 cm³/mol. The lowest BCUT2D eigenvalue weighted by atomic mass is 9.71. The van der Waals surface area contributed by atoms with E-state index >= 15 is 0 Å². The summed E-state index contributed by atoms with van der Waals surface area (Å²) in [7, 11) is -0.261. The van der Waals surface area contributed by atoms with Crippen molar-refractivity contribution in [3.8, 4) is 0 Å². The van der Waals surface area contributed by atoms with Crippen LogP contribution < -0.4 is 5.73 Å². The molecule has 0 radical (unpaired) electrons. The van der Waals surface area contributed by atoms with Crippen LogP contribution in [0, 0.1) is 0 Å². The lowest BCUT2D eigenvalue weighted by Gasteiger charge is -2.27. The Hall–Kier alpha value is -0.0151. The van der Waals surface area contributed by atoms with Crippen LogP contribution in [0.1, 0.15) is 0 Å². The molecule has 0 fully saturated rings. The third kappa shape index (κ3) is 2.17. The van der Waals surface area contributed by atoms with E-state index in [1.54, 1.807) is 6.26 Å². The highest BCUT2D eigenvalue weighted by Gasteiger charge is 2.42. The summed E-state index contributed by atoms with van der Waals surface area (Å²) in [6.45, 7) is 1.65. The van der Waals surface area contributed by atoms with Crippen molar-refractivity contribution in [2.75, 3.05) is 19.8 Å². The number of rotatable bonds is 1. The molecule has 0 bridgehead atoms. The molecule has 1 atom stereocenters. The molecule has 3 rings (SSSR count). The van der Waals surface area contributed by atoms with E-state index in [2.05, 4.69) is 22.6 Å². The van der Waals surface area contributed by atoms with Crippen LogP contribution in [0.3, 0.4) is 0 Å². The zero-order chi connectivity index (χ0) is 11.1. The molecule has 0 unspecified atom stereocenters. The SMILES string of the molecule is Cl.NC[C@@H]1OB2OCC3=C2C(=C1I)C=COC3. The monoisotopic (exact) mass is 367 g/mol. The third-order valence-corrected chi connectivity index (χ3v) is 4.22. The third-order valence-electron chi connectivity index (χ3n) is 2.95. The number of hydrogen-bond acceptors (Lipinski definition) is 4. The normalized spacial score (nSPS) is 26.5. The molecule has 92 valence electrons. The Kier molecular flexibility index (Phi) is 4.20. The zero-order valence-electron chi connectivity index (χ0n) is 9.02. The van der Waals surface area contributed by atoms with Gasteiger partial charge in [0.25, 0.3) is 0 Å². The summed E-state index contributed by atoms with van der Waals surface area (Å²) in [5.41, 5.74) is 9.18. The summed E-state index contributed by atoms with van der Waals surface area (Å²) in [5, 5.41) is 0. The van der Waals surface area contributed by atoms with Gasteiger partial charge < -0.3 is 19.8 Å². The Morgan fingerprint density at radius 3 is 3.06 bits per heavy atom. The molecular formula is C10H12BClINO3. The van der Waals surface area contributed by atoms with Crippen molar-refractivity contribution in [2.45, 2.75) is 6.10 Å². The van der Waals surface area contributed by atoms with Gasteiger partial charge >= 0.3 is 7.12 Å². The highest BCUT2D eigenvalue weighted by atomic mass is 127. The average molecular weight is 367 g/mol. The number of ether oxygens (including phenoxy) is 1. The van der Waals surface area contributed by atoms with Crippen LogP contribution in [0.15, 0.2) is 32.5 Å². The van der Waals surface area contributed by atoms with Crippen LogP contribution in [0.25, 0.3) is 0 Å². The summed E-state index contributed by atoms with van der Waals surface area (Å²) >= 11 is 2.30. The molecular weight excluding hydrogens is 355 g/mol. The molecule has 0 aromatic heterocycles. The van der Waals surface area contributed by atoms with Crippen molar-refractivity contribution in [3.63, 3.8) is 0 Å². The fourth-order valence-corrected chi connectivity index (χ4v) is 3.02. The molecule has 0 aromatic carbocycles. The van der Waals surface area contributed by atoms with Gasteiger partial charge in [-0.2, -0.15) is 0 Å². The van der Waals surface area contributed by atoms with Crippen LogP contribution in [0.2, 0.25) is 0 Å². The minimum atomic E-state index is -0.261. The first-order chi connectivity index (χ1) is 7.81. The fraction of sp³-hybridized carbons (Fsp3) is 0.400. The Labute approximate surface area is 120 Å². The molecule has 0 aliphatic carbocycles. The van der Waals surface area contributed by atoms with Crippen LogP contribution >= 0.6 is 35.0 Å². The van der Waals surface area contributed by atoms with Crippen LogP contribution in [-0.4, -0.2) is 33.0 Å². The first-order valence-electron chi connectivity index (χ1n) is 5.18. The second-order valence-corrected chi connectivity index (χ2v) is 5.06. The van der Waals surface area contributed by atoms with E-state index in [4.69, 9.17) is 19.8 Å². The summed E-state index contributed by atoms with van der Waals surface area (Å²) in [5.74, 6) is 0. The average Bonchev–Trinajstić information content (AvgIpc) is 2.57. The molecule has 0 aromatic rings. The van der Waals surface area contributed by atoms with Gasteiger partial charge in [-0.1, -0.05) is 0 Å². The maximum Gasteiger partial charge on any atom is 0.495 e. The van der Waals surface area contributed by atoms with Gasteiger partial charge in [-0.25, -0.2) is 0 Å². The smallest absolute Gasteiger partial charge is 0.495 e. The van der Waals surface area contributed by atoms with Crippen LogP contribution in [0.4, 0.5) is 0 Å². The Morgan fingerprint density at radius 2 is 2.29 bits per heavy atom. The standard InChI is InChI=1S/C10H11BINO3.ClH/c12-10-7-1-2-14-4-6-5-15-11(9(6)7)16-8(10)3-13;/h1-2,8H,3-5,13H2;1H/t8-;/m0./s1. The summed E-state index contributed by atoms with van der Waals surface area (Å²) in [6, 6.07) is 0. The maximum atomic E-state index is 5.80. The molecule has 3 aliphatic heterocycles. The fourth-order valence-electron chi connectivity index (χ4n) is 2.15. The predicted octanol–water partition coefficient (Wildman–Crippen LogP) is 1.35. The minimum absolute atomic E-state index is 0. The first kappa shape index (κ1) is 13.4. The summed E-state index contributed by atoms with van der Waals surface area (Å²) in [4.78, 5) is 0. The second-order valence-electron chi connectivity index (χ2n) is 3.90. The van der Waals surface area contributed by atoms with Crippen molar-refractivity contribution in [3.05, 3.63) is 32.5 Å². The van der Waals surface area contributed by atoms with Gasteiger partial charge in [0.15, 0.2) is 0 Å². The van der Waals surface area contributed by atoms with Crippen LogP contribution in [0.5, 0.6) is 0 Å². The Balaban J connectivity index is 0.00000108. The molecule has 0 spiro atoms. The lowest BCUT2D eigenvalue weighted by Crippen LogP contribution is -2.38. The summed E-state index contributed by atoms with van der Waals surface area (Å²) in [6.07, 6.45) is 3.66. The quantitative estimate of drug-likeness (QED) is 0.562. The van der Waals surface area contributed by atoms with E-state index in [0.717, 1.165) is 14.6 Å². The van der Waals surface area contributed by atoms with Crippen molar-refractivity contribution in [1.29, 1.82) is 0 Å². The number of nitrogens with two attached hydrogens (primary N) is 1. The van der Waals surface area contributed by atoms with Gasteiger partial charge in [-0.3, -0.25) is 0 Å². The highest BCUT2D eigenvalue weighted by Crippen LogP contribution is 2.39. The Bertz CT molecular complexity index is 424. The van der Waals surface area contributed by atoms with Gasteiger partial charge in [-0.15, -0.1) is 12.4 Å². The maximum absolute atomic E-state index is 5.80. The lowest BCUT2D eigenvalue weighted by molar-refractivity contribution is 0.182. The molecule has 7 heteroatoms. The van der Waals surface area contributed by atoms with Gasteiger partial charge in [0.05, 0.1) is 19.0 Å². The van der Waals surface area contributed by atoms with Crippen molar-refractivity contribution >= 4 is 42.1 Å². The van der Waals surface area contributed by atoms with E-state index in [1.807, 2.05) is 6.08 Å². The largest absolute Gasteiger partial charge is 0.497 e. The van der Waals surface area contributed by atoms with E-state index in [-0.39, 0.29) is 25.6 Å². The molecule has 4 nitrogen and oxygen atoms in total. The molecule has 3 aliphatic rings. The first-order valence-corrected chi connectivity index (χ1v) is 6.26. The van der Waals surface area contributed by atoms with Crippen LogP contribution in [-0.2, 0) is 14.0 Å². The molecule has 17 heavy (non-hydrogen) atoms. The molecule has 3 heterocycles. The number of hydrogen-bond donors (Lipinski definition) is 1. The molecule has 0 saturated carbocycles. The van der Waals surface area contributed by atoms with Crippen molar-refractivity contribution in [1.82, 2.24) is 0 Å². The minimum Gasteiger partial charge on any atom is -0.497 e. The highest BCUT2D eigenvalue weighted by molar-refractivity contribution is 14.1. The number of allylic oxidation sites excluding steroid dienone is 3. The van der Waals surface area contributed by atoms with Gasteiger partial charge in [-0.05, 0) is 45.3 Å². The van der Waals surface area contributed by atoms with E-state index in [0.29, 0.717) is 19.8 Å². The molecule has 2 N–H and O–H groups in total. The van der Waals surface area contributed by atoms with E-state index < -0.39 is 0 Å². The van der Waals surface area contributed by atoms with Gasteiger partial charge in [0.1, 0.15) is 6.61 Å². The van der Waals surface area contributed by atoms with E-state index in [1.165, 1.54) is 5.57 Å². The summed E-state index contributed by atoms with van der Waals surface area (Å²) < 4.78 is 17.9. The Morgan fingerprint density at radius 1 is 1.47 bits per heavy atom. The van der Waals surface area contributed by atoms with Crippen molar-refractivity contribution in [2.24, 2.45) is 5.73 Å². The number of halogens is 2. The van der Waals surface area contributed by atoms with Crippen molar-refractivity contribution < 1.29 is 14.0 Å². The van der Waals surface area contributed by atoms with Gasteiger partial charge in [0, 0.05) is 10.1 Å². The molecule has 0 amide bonds.